The van der Waals surface area contributed by atoms with Gasteiger partial charge in [-0.1, -0.05) is 63.4 Å². The summed E-state index contributed by atoms with van der Waals surface area (Å²) in [6.07, 6.45) is 12.0. The Hall–Kier alpha value is -0.900. The van der Waals surface area contributed by atoms with Gasteiger partial charge in [0.25, 0.3) is 0 Å². The van der Waals surface area contributed by atoms with Crippen molar-refractivity contribution in [3.05, 3.63) is 52.2 Å². The third kappa shape index (κ3) is 5.31. The van der Waals surface area contributed by atoms with E-state index < -0.39 is 0 Å². The van der Waals surface area contributed by atoms with Gasteiger partial charge in [-0.25, -0.2) is 0 Å². The van der Waals surface area contributed by atoms with Crippen LogP contribution in [-0.4, -0.2) is 17.9 Å². The lowest BCUT2D eigenvalue weighted by molar-refractivity contribution is 0.546. The number of allylic oxidation sites excluding steroid dienone is 2. The van der Waals surface area contributed by atoms with Crippen molar-refractivity contribution in [2.45, 2.75) is 70.2 Å². The van der Waals surface area contributed by atoms with Crippen LogP contribution in [0.5, 0.6) is 0 Å². The van der Waals surface area contributed by atoms with Crippen molar-refractivity contribution < 1.29 is 0 Å². The highest BCUT2D eigenvalue weighted by molar-refractivity contribution is 7.97. The first-order valence-corrected chi connectivity index (χ1v) is 11.2. The zero-order valence-corrected chi connectivity index (χ0v) is 18.2. The predicted molar refractivity (Wildman–Crippen MR) is 117 cm³/mol. The highest BCUT2D eigenvalue weighted by Gasteiger charge is 2.28. The summed E-state index contributed by atoms with van der Waals surface area (Å²) >= 11 is 8.08. The fourth-order valence-corrected chi connectivity index (χ4v) is 4.79. The molecule has 1 heterocycles. The van der Waals surface area contributed by atoms with Crippen molar-refractivity contribution in [3.63, 3.8) is 0 Å². The van der Waals surface area contributed by atoms with Crippen LogP contribution in [0.2, 0.25) is 5.02 Å². The van der Waals surface area contributed by atoms with Gasteiger partial charge in [-0.3, -0.25) is 0 Å². The van der Waals surface area contributed by atoms with Crippen LogP contribution in [0, 0.1) is 0 Å². The Labute approximate surface area is 169 Å². The van der Waals surface area contributed by atoms with Gasteiger partial charge in [-0.2, -0.15) is 0 Å². The van der Waals surface area contributed by atoms with E-state index in [1.165, 1.54) is 53.8 Å². The van der Waals surface area contributed by atoms with E-state index in [2.05, 4.69) is 47.9 Å². The van der Waals surface area contributed by atoms with Gasteiger partial charge in [0, 0.05) is 22.7 Å². The predicted octanol–water partition coefficient (Wildman–Crippen LogP) is 7.13. The Balaban J connectivity index is 0.00000117. The highest BCUT2D eigenvalue weighted by Crippen LogP contribution is 2.43. The van der Waals surface area contributed by atoms with E-state index in [1.54, 1.807) is 11.9 Å². The van der Waals surface area contributed by atoms with E-state index >= 15 is 0 Å². The summed E-state index contributed by atoms with van der Waals surface area (Å²) < 4.78 is 2.34. The molecule has 1 aliphatic heterocycles. The van der Waals surface area contributed by atoms with E-state index in [9.17, 15) is 0 Å². The van der Waals surface area contributed by atoms with Crippen LogP contribution in [-0.2, 0) is 0 Å². The molecule has 26 heavy (non-hydrogen) atoms. The Kier molecular flexibility index (Phi) is 9.10. The largest absolute Gasteiger partial charge is 0.319 e. The molecule has 144 valence electrons. The van der Waals surface area contributed by atoms with E-state index in [0.29, 0.717) is 0 Å². The molecule has 1 atom stereocenters. The molecule has 0 amide bonds. The van der Waals surface area contributed by atoms with Gasteiger partial charge in [-0.15, -0.1) is 0 Å². The number of nitrogens with zero attached hydrogens (tertiary/aromatic N) is 1. The fourth-order valence-electron chi connectivity index (χ4n) is 3.48. The lowest BCUT2D eigenvalue weighted by Crippen LogP contribution is -2.25. The van der Waals surface area contributed by atoms with Crippen LogP contribution >= 0.6 is 23.5 Å². The Morgan fingerprint density at radius 3 is 2.85 bits per heavy atom. The number of hydrogen-bond donors (Lipinski definition) is 1. The second-order valence-electron chi connectivity index (χ2n) is 6.56. The zero-order valence-electron chi connectivity index (χ0n) is 16.6. The van der Waals surface area contributed by atoms with Crippen LogP contribution in [0.15, 0.2) is 46.5 Å². The van der Waals surface area contributed by atoms with Crippen molar-refractivity contribution in [2.24, 2.45) is 0 Å². The first kappa shape index (κ1) is 21.4. The van der Waals surface area contributed by atoms with Gasteiger partial charge in [0.05, 0.1) is 6.04 Å². The highest BCUT2D eigenvalue weighted by atomic mass is 35.5. The van der Waals surface area contributed by atoms with E-state index in [0.717, 1.165) is 18.0 Å². The third-order valence-corrected chi connectivity index (χ3v) is 6.04. The summed E-state index contributed by atoms with van der Waals surface area (Å²) in [5.74, 6) is 0. The molecule has 0 aromatic heterocycles. The van der Waals surface area contributed by atoms with Gasteiger partial charge >= 0.3 is 0 Å². The quantitative estimate of drug-likeness (QED) is 0.423. The molecule has 0 radical (unpaired) electrons. The van der Waals surface area contributed by atoms with Crippen molar-refractivity contribution in [1.82, 2.24) is 9.62 Å². The summed E-state index contributed by atoms with van der Waals surface area (Å²) in [7, 11) is 2.18. The van der Waals surface area contributed by atoms with Crippen LogP contribution < -0.4 is 5.32 Å². The first-order valence-electron chi connectivity index (χ1n) is 10.0. The minimum Gasteiger partial charge on any atom is -0.319 e. The molecular weight excluding hydrogens is 360 g/mol. The maximum atomic E-state index is 6.27. The summed E-state index contributed by atoms with van der Waals surface area (Å²) in [5.41, 5.74) is 4.23. The minimum atomic E-state index is 0.260. The van der Waals surface area contributed by atoms with Crippen LogP contribution in [0.1, 0.15) is 70.9 Å². The Morgan fingerprint density at radius 1 is 1.27 bits per heavy atom. The molecular formula is C22H33ClN2S. The molecule has 0 bridgehead atoms. The number of benzene rings is 1. The van der Waals surface area contributed by atoms with Gasteiger partial charge < -0.3 is 9.62 Å². The molecule has 1 aromatic rings. The van der Waals surface area contributed by atoms with E-state index in [4.69, 9.17) is 11.6 Å². The van der Waals surface area contributed by atoms with Crippen molar-refractivity contribution in [2.75, 3.05) is 13.6 Å². The van der Waals surface area contributed by atoms with Crippen LogP contribution in [0.25, 0.3) is 0 Å². The molecule has 0 spiro atoms. The average molecular weight is 393 g/mol. The van der Waals surface area contributed by atoms with E-state index in [1.807, 2.05) is 19.9 Å². The molecule has 0 saturated carbocycles. The number of unbranched alkanes of at least 4 members (excludes halogenated alkanes) is 2. The van der Waals surface area contributed by atoms with E-state index in [-0.39, 0.29) is 6.04 Å². The molecule has 1 aliphatic carbocycles. The average Bonchev–Trinajstić information content (AvgIpc) is 2.95. The monoisotopic (exact) mass is 392 g/mol. The number of halogens is 1. The third-order valence-electron chi connectivity index (χ3n) is 4.76. The second kappa shape index (κ2) is 11.1. The van der Waals surface area contributed by atoms with Crippen LogP contribution in [0.3, 0.4) is 0 Å². The molecule has 4 heteroatoms. The maximum absolute atomic E-state index is 6.27. The van der Waals surface area contributed by atoms with Gasteiger partial charge in [0.2, 0.25) is 0 Å². The zero-order chi connectivity index (χ0) is 18.9. The fraction of sp³-hybridized carbons (Fsp3) is 0.545. The van der Waals surface area contributed by atoms with Crippen molar-refractivity contribution in [3.8, 4) is 0 Å². The molecule has 2 aliphatic rings. The van der Waals surface area contributed by atoms with Crippen LogP contribution in [0.4, 0.5) is 0 Å². The summed E-state index contributed by atoms with van der Waals surface area (Å²) in [6.45, 7) is 7.31. The number of rotatable bonds is 5. The van der Waals surface area contributed by atoms with Gasteiger partial charge in [-0.05, 0) is 67.4 Å². The molecule has 1 N–H and O–H groups in total. The number of fused-ring (bicyclic) bond motifs is 1. The molecule has 2 nitrogen and oxygen atoms in total. The molecule has 1 unspecified atom stereocenters. The summed E-state index contributed by atoms with van der Waals surface area (Å²) in [4.78, 5) is 1.26. The number of nitrogens with one attached hydrogen (secondary N) is 1. The van der Waals surface area contributed by atoms with Gasteiger partial charge in [0.1, 0.15) is 0 Å². The lowest BCUT2D eigenvalue weighted by Gasteiger charge is -2.23. The van der Waals surface area contributed by atoms with Gasteiger partial charge in [0.15, 0.2) is 0 Å². The molecule has 0 saturated heterocycles. The standard InChI is InChI=1S/C20H27ClN2S.C2H6/c1-3-4-8-13-22-20-16-9-6-5-7-10-18(16)23(2)24-19-14-15(21)11-12-17(19)20;1-2/h6,9,11-12,14,20,22H,3-5,7-8,10,13H2,1-2H3;1-2H3. The smallest absolute Gasteiger partial charge is 0.0605 e. The Bertz CT molecular complexity index is 639. The molecule has 3 rings (SSSR count). The topological polar surface area (TPSA) is 15.3 Å². The lowest BCUT2D eigenvalue weighted by atomic mass is 9.95. The normalized spacial score (nSPS) is 19.1. The number of hydrogen-bond acceptors (Lipinski definition) is 3. The SMILES string of the molecule is CC.CCCCCNC1C2=C(CCCC=C2)N(C)Sc2cc(Cl)ccc21. The summed E-state index contributed by atoms with van der Waals surface area (Å²) in [6, 6.07) is 6.59. The maximum Gasteiger partial charge on any atom is 0.0605 e. The molecule has 1 aromatic carbocycles. The van der Waals surface area contributed by atoms with Crippen molar-refractivity contribution in [1.29, 1.82) is 0 Å². The second-order valence-corrected chi connectivity index (χ2v) is 8.17. The first-order chi connectivity index (χ1) is 12.7. The Morgan fingerprint density at radius 2 is 2.08 bits per heavy atom. The molecule has 0 fully saturated rings. The minimum absolute atomic E-state index is 0.260. The summed E-state index contributed by atoms with van der Waals surface area (Å²) in [5, 5.41) is 4.64. The van der Waals surface area contributed by atoms with Crippen molar-refractivity contribution >= 4 is 23.5 Å².